The molecular weight excluding hydrogens is 212 g/mol. The van der Waals surface area contributed by atoms with Crippen molar-refractivity contribution in [1.29, 1.82) is 0 Å². The molecule has 2 rings (SSSR count). The first-order valence-corrected chi connectivity index (χ1v) is 6.43. The lowest BCUT2D eigenvalue weighted by Crippen LogP contribution is -1.79. The number of thiol groups is 1. The Kier molecular flexibility index (Phi) is 2.79. The van der Waals surface area contributed by atoms with Gasteiger partial charge in [0.15, 0.2) is 0 Å². The molecule has 0 N–H and O–H groups in total. The molecule has 1 nitrogen and oxygen atoms in total. The second-order valence-electron chi connectivity index (χ2n) is 3.57. The van der Waals surface area contributed by atoms with Crippen LogP contribution in [0.25, 0.3) is 11.0 Å². The molecule has 2 aromatic rings. The summed E-state index contributed by atoms with van der Waals surface area (Å²) < 4.78 is 5.78. The average molecular weight is 224 g/mol. The predicted molar refractivity (Wildman–Crippen MR) is 65.1 cm³/mol. The molecule has 0 atom stereocenters. The number of furan rings is 1. The van der Waals surface area contributed by atoms with E-state index in [0.717, 1.165) is 21.6 Å². The smallest absolute Gasteiger partial charge is 0.148 e. The van der Waals surface area contributed by atoms with Crippen molar-refractivity contribution in [3.05, 3.63) is 30.0 Å². The first kappa shape index (κ1) is 9.99. The third-order valence-corrected chi connectivity index (χ3v) is 3.30. The Labute approximate surface area is 92.7 Å². The summed E-state index contributed by atoms with van der Waals surface area (Å²) >= 11 is 4.20. The van der Waals surface area contributed by atoms with Crippen molar-refractivity contribution < 1.29 is 4.42 Å². The molecule has 0 aliphatic heterocycles. The summed E-state index contributed by atoms with van der Waals surface area (Å²) in [6.07, 6.45) is 0. The van der Waals surface area contributed by atoms with Crippen LogP contribution in [0.4, 0.5) is 0 Å². The van der Waals surface area contributed by atoms with Crippen LogP contribution in [0.15, 0.2) is 33.6 Å². The van der Waals surface area contributed by atoms with E-state index >= 15 is 0 Å². The summed E-state index contributed by atoms with van der Waals surface area (Å²) in [6, 6.07) is 8.22. The van der Waals surface area contributed by atoms with Gasteiger partial charge in [0.05, 0.1) is 4.90 Å². The van der Waals surface area contributed by atoms with Crippen LogP contribution in [0, 0.1) is 0 Å². The van der Waals surface area contributed by atoms with Crippen molar-refractivity contribution in [2.24, 2.45) is 0 Å². The van der Waals surface area contributed by atoms with Gasteiger partial charge in [-0.25, -0.2) is 0 Å². The van der Waals surface area contributed by atoms with Crippen LogP contribution in [-0.4, -0.2) is 0 Å². The molecule has 0 fully saturated rings. The van der Waals surface area contributed by atoms with Crippen molar-refractivity contribution in [2.45, 2.75) is 24.7 Å². The summed E-state index contributed by atoms with van der Waals surface area (Å²) in [7, 11) is 1.42. The highest BCUT2D eigenvalue weighted by Crippen LogP contribution is 2.33. The highest BCUT2D eigenvalue weighted by Gasteiger charge is 2.09. The molecule has 0 saturated carbocycles. The molecule has 14 heavy (non-hydrogen) atoms. The van der Waals surface area contributed by atoms with E-state index in [2.05, 4.69) is 37.6 Å². The van der Waals surface area contributed by atoms with Gasteiger partial charge in [0.2, 0.25) is 0 Å². The molecule has 1 heterocycles. The maximum atomic E-state index is 5.78. The van der Waals surface area contributed by atoms with E-state index in [1.165, 1.54) is 10.8 Å². The lowest BCUT2D eigenvalue weighted by atomic mass is 10.1. The Balaban J connectivity index is 2.64. The molecule has 1 aromatic heterocycles. The number of rotatable bonds is 2. The van der Waals surface area contributed by atoms with Gasteiger partial charge in [0.1, 0.15) is 11.3 Å². The fourth-order valence-corrected chi connectivity index (χ4v) is 2.23. The maximum absolute atomic E-state index is 5.78. The lowest BCUT2D eigenvalue weighted by molar-refractivity contribution is 0.517. The molecular formula is C11H12OS2. The largest absolute Gasteiger partial charge is 0.460 e. The minimum absolute atomic E-state index is 0.431. The van der Waals surface area contributed by atoms with Crippen LogP contribution in [0.1, 0.15) is 25.5 Å². The molecule has 0 amide bonds. The number of fused-ring (bicyclic) bond motifs is 1. The van der Waals surface area contributed by atoms with Gasteiger partial charge in [0.25, 0.3) is 0 Å². The van der Waals surface area contributed by atoms with Crippen LogP contribution in [0.2, 0.25) is 0 Å². The predicted octanol–water partition coefficient (Wildman–Crippen LogP) is 4.49. The zero-order valence-electron chi connectivity index (χ0n) is 8.15. The molecule has 0 aliphatic rings. The van der Waals surface area contributed by atoms with Crippen LogP contribution < -0.4 is 0 Å². The highest BCUT2D eigenvalue weighted by molar-refractivity contribution is 8.68. The molecule has 0 bridgehead atoms. The average Bonchev–Trinajstić information content (AvgIpc) is 2.60. The van der Waals surface area contributed by atoms with E-state index in [0.29, 0.717) is 5.92 Å². The van der Waals surface area contributed by atoms with Gasteiger partial charge < -0.3 is 4.42 Å². The van der Waals surface area contributed by atoms with Gasteiger partial charge in [-0.3, -0.25) is 0 Å². The third kappa shape index (κ3) is 1.66. The fraction of sp³-hybridized carbons (Fsp3) is 0.273. The SMILES string of the molecule is CC(C)c1cc2cccc(SS)c2o1. The standard InChI is InChI=1S/C11H12OS2/c1-7(2)9-6-8-4-3-5-10(14-13)11(8)12-9/h3-7,13H,1-2H3. The topological polar surface area (TPSA) is 13.1 Å². The summed E-state index contributed by atoms with van der Waals surface area (Å²) in [5.74, 6) is 1.47. The number of hydrogen-bond acceptors (Lipinski definition) is 3. The van der Waals surface area contributed by atoms with E-state index in [1.807, 2.05) is 12.1 Å². The first-order chi connectivity index (χ1) is 6.72. The van der Waals surface area contributed by atoms with Crippen LogP contribution >= 0.6 is 22.5 Å². The van der Waals surface area contributed by atoms with Gasteiger partial charge in [-0.15, -0.1) is 11.7 Å². The van der Waals surface area contributed by atoms with E-state index in [4.69, 9.17) is 4.42 Å². The van der Waals surface area contributed by atoms with E-state index in [-0.39, 0.29) is 0 Å². The summed E-state index contributed by atoms with van der Waals surface area (Å²) in [6.45, 7) is 4.26. The minimum atomic E-state index is 0.431. The zero-order chi connectivity index (χ0) is 10.1. The quantitative estimate of drug-likeness (QED) is 0.596. The Hall–Kier alpha value is -0.540. The lowest BCUT2D eigenvalue weighted by Gasteiger charge is -1.97. The molecule has 0 aliphatic carbocycles. The maximum Gasteiger partial charge on any atom is 0.148 e. The van der Waals surface area contributed by atoms with E-state index < -0.39 is 0 Å². The number of benzene rings is 1. The molecule has 1 aromatic carbocycles. The van der Waals surface area contributed by atoms with E-state index in [1.54, 1.807) is 0 Å². The van der Waals surface area contributed by atoms with Crippen molar-refractivity contribution in [1.82, 2.24) is 0 Å². The molecule has 74 valence electrons. The molecule has 0 radical (unpaired) electrons. The van der Waals surface area contributed by atoms with Gasteiger partial charge in [-0.1, -0.05) is 36.8 Å². The normalized spacial score (nSPS) is 11.4. The zero-order valence-corrected chi connectivity index (χ0v) is 9.86. The van der Waals surface area contributed by atoms with Crippen molar-refractivity contribution in [2.75, 3.05) is 0 Å². The van der Waals surface area contributed by atoms with Gasteiger partial charge in [-0.05, 0) is 12.1 Å². The van der Waals surface area contributed by atoms with Gasteiger partial charge in [-0.2, -0.15) is 0 Å². The van der Waals surface area contributed by atoms with Crippen molar-refractivity contribution in [3.63, 3.8) is 0 Å². The summed E-state index contributed by atoms with van der Waals surface area (Å²) in [4.78, 5) is 1.08. The van der Waals surface area contributed by atoms with Crippen molar-refractivity contribution in [3.8, 4) is 0 Å². The fourth-order valence-electron chi connectivity index (χ4n) is 1.41. The number of para-hydroxylation sites is 1. The Bertz CT molecular complexity index is 445. The number of hydrogen-bond donors (Lipinski definition) is 1. The van der Waals surface area contributed by atoms with Gasteiger partial charge in [0, 0.05) is 11.3 Å². The van der Waals surface area contributed by atoms with Crippen LogP contribution in [0.5, 0.6) is 0 Å². The summed E-state index contributed by atoms with van der Waals surface area (Å²) in [5, 5.41) is 1.16. The Morgan fingerprint density at radius 2 is 2.14 bits per heavy atom. The van der Waals surface area contributed by atoms with Gasteiger partial charge >= 0.3 is 0 Å². The van der Waals surface area contributed by atoms with Crippen LogP contribution in [0.3, 0.4) is 0 Å². The first-order valence-electron chi connectivity index (χ1n) is 4.56. The molecule has 0 saturated heterocycles. The molecule has 0 unspecified atom stereocenters. The Morgan fingerprint density at radius 3 is 2.79 bits per heavy atom. The second kappa shape index (κ2) is 3.91. The van der Waals surface area contributed by atoms with E-state index in [9.17, 15) is 0 Å². The highest BCUT2D eigenvalue weighted by atomic mass is 33.1. The molecule has 3 heteroatoms. The summed E-state index contributed by atoms with van der Waals surface area (Å²) in [5.41, 5.74) is 0.955. The second-order valence-corrected chi connectivity index (χ2v) is 4.74. The van der Waals surface area contributed by atoms with Crippen molar-refractivity contribution >= 4 is 33.4 Å². The molecule has 0 spiro atoms. The third-order valence-electron chi connectivity index (χ3n) is 2.19. The minimum Gasteiger partial charge on any atom is -0.460 e. The monoisotopic (exact) mass is 224 g/mol. The Morgan fingerprint density at radius 1 is 1.36 bits per heavy atom. The van der Waals surface area contributed by atoms with Crippen LogP contribution in [-0.2, 0) is 0 Å².